The summed E-state index contributed by atoms with van der Waals surface area (Å²) in [5.74, 6) is -2.26. The second kappa shape index (κ2) is 12.5. The fourth-order valence-electron chi connectivity index (χ4n) is 3.66. The molecule has 0 bridgehead atoms. The van der Waals surface area contributed by atoms with Crippen LogP contribution in [0.2, 0.25) is 0 Å². The number of carbonyl (C=O) groups excluding carboxylic acids is 2. The smallest absolute Gasteiger partial charge is 0.242 e. The van der Waals surface area contributed by atoms with Gasteiger partial charge in [0.25, 0.3) is 0 Å². The van der Waals surface area contributed by atoms with Crippen LogP contribution in [0.3, 0.4) is 0 Å². The number of hydrogen-bond donors (Lipinski definition) is 1. The van der Waals surface area contributed by atoms with Crippen LogP contribution < -0.4 is 14.4 Å². The Kier molecular flexibility index (Phi) is 10.00. The molecule has 0 saturated carbocycles. The Hall–Kier alpha value is -3.21. The van der Waals surface area contributed by atoms with Gasteiger partial charge in [-0.2, -0.15) is 0 Å². The van der Waals surface area contributed by atoms with E-state index in [1.165, 1.54) is 11.9 Å². The van der Waals surface area contributed by atoms with Gasteiger partial charge in [0.1, 0.15) is 11.8 Å². The average molecular weight is 512 g/mol. The van der Waals surface area contributed by atoms with E-state index in [4.69, 9.17) is 4.74 Å². The Morgan fingerprint density at radius 1 is 1.09 bits per heavy atom. The summed E-state index contributed by atoms with van der Waals surface area (Å²) in [7, 11) is -0.778. The van der Waals surface area contributed by atoms with Crippen molar-refractivity contribution in [2.45, 2.75) is 38.8 Å². The Morgan fingerprint density at radius 3 is 2.26 bits per heavy atom. The molecule has 2 aromatic rings. The quantitative estimate of drug-likeness (QED) is 0.473. The van der Waals surface area contributed by atoms with Crippen molar-refractivity contribution in [2.24, 2.45) is 0 Å². The minimum absolute atomic E-state index is 0.0364. The summed E-state index contributed by atoms with van der Waals surface area (Å²) < 4.78 is 57.6. The van der Waals surface area contributed by atoms with Gasteiger partial charge in [0.2, 0.25) is 21.8 Å². The number of nitrogens with one attached hydrogen (secondary N) is 1. The van der Waals surface area contributed by atoms with Crippen molar-refractivity contribution in [3.63, 3.8) is 0 Å². The van der Waals surface area contributed by atoms with Crippen molar-refractivity contribution in [2.75, 3.05) is 31.3 Å². The van der Waals surface area contributed by atoms with Gasteiger partial charge in [0.15, 0.2) is 11.6 Å². The normalized spacial score (nSPS) is 12.1. The Balaban J connectivity index is 2.20. The number of halogens is 2. The first-order valence-corrected chi connectivity index (χ1v) is 12.9. The minimum Gasteiger partial charge on any atom is -0.497 e. The molecule has 192 valence electrons. The molecule has 0 aliphatic rings. The lowest BCUT2D eigenvalue weighted by atomic mass is 10.1. The molecule has 0 aliphatic heterocycles. The summed E-state index contributed by atoms with van der Waals surface area (Å²) in [6.07, 6.45) is 1.38. The summed E-state index contributed by atoms with van der Waals surface area (Å²) in [5, 5.41) is 2.57. The van der Waals surface area contributed by atoms with E-state index >= 15 is 0 Å². The molecule has 0 spiro atoms. The highest BCUT2D eigenvalue weighted by Crippen LogP contribution is 2.22. The number of carbonyl (C=O) groups is 2. The molecule has 0 heterocycles. The molecule has 1 N–H and O–H groups in total. The van der Waals surface area contributed by atoms with E-state index in [0.717, 1.165) is 34.3 Å². The molecule has 2 aromatic carbocycles. The number of sulfonamides is 1. The fraction of sp³-hybridized carbons (Fsp3) is 0.417. The van der Waals surface area contributed by atoms with Crippen LogP contribution in [-0.2, 0) is 26.2 Å². The first kappa shape index (κ1) is 28.0. The molecular weight excluding hydrogens is 480 g/mol. The molecule has 0 radical (unpaired) electrons. The van der Waals surface area contributed by atoms with E-state index in [0.29, 0.717) is 12.2 Å². The maximum Gasteiger partial charge on any atom is 0.242 e. The maximum absolute atomic E-state index is 13.7. The van der Waals surface area contributed by atoms with E-state index in [2.05, 4.69) is 5.32 Å². The lowest BCUT2D eigenvalue weighted by molar-refractivity contribution is -0.141. The molecule has 0 aliphatic carbocycles. The highest BCUT2D eigenvalue weighted by atomic mass is 32.2. The van der Waals surface area contributed by atoms with E-state index in [1.54, 1.807) is 38.3 Å². The number of ether oxygens (including phenoxy) is 1. The molecule has 0 aromatic heterocycles. The molecule has 1 atom stereocenters. The highest BCUT2D eigenvalue weighted by Gasteiger charge is 2.28. The van der Waals surface area contributed by atoms with E-state index in [-0.39, 0.29) is 43.4 Å². The largest absolute Gasteiger partial charge is 0.497 e. The molecule has 0 saturated heterocycles. The second-order valence-electron chi connectivity index (χ2n) is 7.95. The van der Waals surface area contributed by atoms with Crippen LogP contribution in [0.25, 0.3) is 0 Å². The SMILES string of the molecule is CC[C@H](C(=O)NC)N(Cc1ccc(OC)cc1)C(=O)CCCN(c1ccc(F)c(F)c1)S(C)(=O)=O. The molecule has 35 heavy (non-hydrogen) atoms. The zero-order chi connectivity index (χ0) is 26.2. The summed E-state index contributed by atoms with van der Waals surface area (Å²) in [6, 6.07) is 9.19. The van der Waals surface area contributed by atoms with Gasteiger partial charge in [-0.05, 0) is 42.7 Å². The van der Waals surface area contributed by atoms with Crippen LogP contribution in [0.4, 0.5) is 14.5 Å². The lowest BCUT2D eigenvalue weighted by Gasteiger charge is -2.31. The number of nitrogens with zero attached hydrogens (tertiary/aromatic N) is 2. The van der Waals surface area contributed by atoms with Crippen LogP contribution in [0.1, 0.15) is 31.7 Å². The third kappa shape index (κ3) is 7.64. The standard InChI is InChI=1S/C24H31F2N3O5S/c1-5-22(24(31)27-2)28(16-17-8-11-19(34-3)12-9-17)23(30)7-6-14-29(35(4,32)33)18-10-13-20(25)21(26)15-18/h8-13,15,22H,5-7,14,16H2,1-4H3,(H,27,31)/t22-/m1/s1. The van der Waals surface area contributed by atoms with Crippen molar-refractivity contribution in [3.05, 3.63) is 59.7 Å². The van der Waals surface area contributed by atoms with Gasteiger partial charge in [-0.15, -0.1) is 0 Å². The van der Waals surface area contributed by atoms with Gasteiger partial charge in [0.05, 0.1) is 19.1 Å². The Morgan fingerprint density at radius 2 is 1.74 bits per heavy atom. The lowest BCUT2D eigenvalue weighted by Crippen LogP contribution is -2.48. The summed E-state index contributed by atoms with van der Waals surface area (Å²) >= 11 is 0. The number of anilines is 1. The zero-order valence-electron chi connectivity index (χ0n) is 20.3. The van der Waals surface area contributed by atoms with Gasteiger partial charge in [-0.25, -0.2) is 17.2 Å². The topological polar surface area (TPSA) is 96.0 Å². The summed E-state index contributed by atoms with van der Waals surface area (Å²) in [4.78, 5) is 27.1. The van der Waals surface area contributed by atoms with Crippen molar-refractivity contribution in [3.8, 4) is 5.75 Å². The van der Waals surface area contributed by atoms with Gasteiger partial charge in [-0.1, -0.05) is 19.1 Å². The van der Waals surface area contributed by atoms with Crippen LogP contribution >= 0.6 is 0 Å². The molecular formula is C24H31F2N3O5S. The van der Waals surface area contributed by atoms with Gasteiger partial charge in [0, 0.05) is 32.6 Å². The molecule has 2 amide bonds. The minimum atomic E-state index is -3.82. The summed E-state index contributed by atoms with van der Waals surface area (Å²) in [6.45, 7) is 1.85. The predicted molar refractivity (Wildman–Crippen MR) is 129 cm³/mol. The predicted octanol–water partition coefficient (Wildman–Crippen LogP) is 3.07. The zero-order valence-corrected chi connectivity index (χ0v) is 21.1. The summed E-state index contributed by atoms with van der Waals surface area (Å²) in [5.41, 5.74) is 0.756. The van der Waals surface area contributed by atoms with Crippen LogP contribution in [0.5, 0.6) is 5.75 Å². The second-order valence-corrected chi connectivity index (χ2v) is 9.85. The Bertz CT molecular complexity index is 1130. The van der Waals surface area contributed by atoms with Gasteiger partial charge in [-0.3, -0.25) is 13.9 Å². The van der Waals surface area contributed by atoms with Crippen LogP contribution in [0.15, 0.2) is 42.5 Å². The Labute approximate surface area is 204 Å². The van der Waals surface area contributed by atoms with E-state index < -0.39 is 27.7 Å². The van der Waals surface area contributed by atoms with Crippen molar-refractivity contribution < 1.29 is 31.5 Å². The fourth-order valence-corrected chi connectivity index (χ4v) is 4.62. The number of hydrogen-bond acceptors (Lipinski definition) is 5. The van der Waals surface area contributed by atoms with Crippen molar-refractivity contribution in [1.82, 2.24) is 10.2 Å². The molecule has 0 unspecified atom stereocenters. The van der Waals surface area contributed by atoms with Gasteiger partial charge < -0.3 is 15.0 Å². The number of amides is 2. The number of methoxy groups -OCH3 is 1. The number of rotatable bonds is 12. The molecule has 0 fully saturated rings. The number of likely N-dealkylation sites (N-methyl/N-ethyl adjacent to an activating group) is 1. The molecule has 8 nitrogen and oxygen atoms in total. The van der Waals surface area contributed by atoms with E-state index in [9.17, 15) is 26.8 Å². The van der Waals surface area contributed by atoms with Gasteiger partial charge >= 0.3 is 0 Å². The van der Waals surface area contributed by atoms with E-state index in [1.807, 2.05) is 0 Å². The third-order valence-corrected chi connectivity index (χ3v) is 6.68. The van der Waals surface area contributed by atoms with Crippen LogP contribution in [0, 0.1) is 11.6 Å². The highest BCUT2D eigenvalue weighted by molar-refractivity contribution is 7.92. The first-order valence-electron chi connectivity index (χ1n) is 11.1. The average Bonchev–Trinajstić information content (AvgIpc) is 2.82. The molecule has 11 heteroatoms. The van der Waals surface area contributed by atoms with Crippen molar-refractivity contribution in [1.29, 1.82) is 0 Å². The monoisotopic (exact) mass is 511 g/mol. The maximum atomic E-state index is 13.7. The molecule has 2 rings (SSSR count). The third-order valence-electron chi connectivity index (χ3n) is 5.49. The van der Waals surface area contributed by atoms with Crippen molar-refractivity contribution >= 4 is 27.5 Å². The van der Waals surface area contributed by atoms with Crippen LogP contribution in [-0.4, -0.2) is 58.1 Å². The first-order chi connectivity index (χ1) is 16.5. The number of benzene rings is 2.